The summed E-state index contributed by atoms with van der Waals surface area (Å²) in [4.78, 5) is 40.6. The number of carbonyl (C=O) groups excluding carboxylic acids is 3. The summed E-state index contributed by atoms with van der Waals surface area (Å²) >= 11 is 0. The molecule has 2 aromatic rings. The number of esters is 1. The summed E-state index contributed by atoms with van der Waals surface area (Å²) in [5, 5.41) is 0. The van der Waals surface area contributed by atoms with E-state index in [4.69, 9.17) is 4.74 Å². The minimum Gasteiger partial charge on any atom is -0.448 e. The molecule has 6 nitrogen and oxygen atoms in total. The van der Waals surface area contributed by atoms with Gasteiger partial charge in [-0.1, -0.05) is 30.3 Å². The van der Waals surface area contributed by atoms with Crippen molar-refractivity contribution in [3.8, 4) is 0 Å². The van der Waals surface area contributed by atoms with Gasteiger partial charge in [0.05, 0.1) is 0 Å². The highest BCUT2D eigenvalue weighted by Gasteiger charge is 2.28. The number of H-pyrrole nitrogens is 1. The molecule has 148 valence electrons. The standard InChI is InChI=1S/C22H26N2O4/c1-15(25)19-13-20(23-14-19)22(27)28-16(2)21(26)24-10-8-18(9-11-24)12-17-6-4-3-5-7-17/h3-7,13-14,16,18,23H,8-12H2,1-2H3/t16-/m1/s1. The number of rotatable bonds is 6. The van der Waals surface area contributed by atoms with E-state index in [9.17, 15) is 14.4 Å². The summed E-state index contributed by atoms with van der Waals surface area (Å²) in [6.45, 7) is 4.36. The van der Waals surface area contributed by atoms with Crippen LogP contribution in [0.3, 0.4) is 0 Å². The molecule has 6 heteroatoms. The molecule has 0 aliphatic carbocycles. The van der Waals surface area contributed by atoms with Gasteiger partial charge in [0.25, 0.3) is 5.91 Å². The third kappa shape index (κ3) is 4.88. The van der Waals surface area contributed by atoms with Crippen molar-refractivity contribution < 1.29 is 19.1 Å². The van der Waals surface area contributed by atoms with E-state index in [0.717, 1.165) is 19.3 Å². The quantitative estimate of drug-likeness (QED) is 0.614. The van der Waals surface area contributed by atoms with Crippen LogP contribution in [0.4, 0.5) is 0 Å². The van der Waals surface area contributed by atoms with E-state index in [1.54, 1.807) is 11.8 Å². The molecular formula is C22H26N2O4. The van der Waals surface area contributed by atoms with Crippen molar-refractivity contribution in [1.82, 2.24) is 9.88 Å². The van der Waals surface area contributed by atoms with Gasteiger partial charge >= 0.3 is 5.97 Å². The summed E-state index contributed by atoms with van der Waals surface area (Å²) in [6.07, 6.45) is 3.52. The Labute approximate surface area is 164 Å². The number of ether oxygens (including phenoxy) is 1. The Morgan fingerprint density at radius 1 is 1.18 bits per heavy atom. The van der Waals surface area contributed by atoms with Crippen LogP contribution < -0.4 is 0 Å². The predicted octanol–water partition coefficient (Wildman–Crippen LogP) is 3.24. The molecule has 0 unspecified atom stereocenters. The van der Waals surface area contributed by atoms with Gasteiger partial charge in [0, 0.05) is 24.8 Å². The van der Waals surface area contributed by atoms with Crippen molar-refractivity contribution in [2.75, 3.05) is 13.1 Å². The molecule has 0 bridgehead atoms. The van der Waals surface area contributed by atoms with Crippen LogP contribution in [0, 0.1) is 5.92 Å². The Bertz CT molecular complexity index is 835. The minimum atomic E-state index is -0.859. The molecule has 0 saturated carbocycles. The summed E-state index contributed by atoms with van der Waals surface area (Å²) in [5.74, 6) is -0.386. The van der Waals surface area contributed by atoms with Crippen LogP contribution in [0.15, 0.2) is 42.6 Å². The molecule has 1 fully saturated rings. The number of amides is 1. The van der Waals surface area contributed by atoms with Crippen molar-refractivity contribution in [3.05, 3.63) is 59.4 Å². The molecule has 3 rings (SSSR count). The third-order valence-corrected chi connectivity index (χ3v) is 5.23. The van der Waals surface area contributed by atoms with E-state index >= 15 is 0 Å². The largest absolute Gasteiger partial charge is 0.448 e. The Balaban J connectivity index is 1.48. The zero-order valence-electron chi connectivity index (χ0n) is 16.3. The first-order chi connectivity index (χ1) is 13.4. The molecular weight excluding hydrogens is 356 g/mol. The van der Waals surface area contributed by atoms with Crippen LogP contribution >= 0.6 is 0 Å². The molecule has 1 saturated heterocycles. The van der Waals surface area contributed by atoms with Crippen LogP contribution in [0.2, 0.25) is 0 Å². The maximum atomic E-state index is 12.6. The number of hydrogen-bond donors (Lipinski definition) is 1. The van der Waals surface area contributed by atoms with Gasteiger partial charge in [-0.25, -0.2) is 4.79 Å². The van der Waals surface area contributed by atoms with E-state index in [0.29, 0.717) is 24.6 Å². The number of likely N-dealkylation sites (tertiary alicyclic amines) is 1. The summed E-state index contributed by atoms with van der Waals surface area (Å²) < 4.78 is 5.29. The highest BCUT2D eigenvalue weighted by Crippen LogP contribution is 2.22. The molecule has 0 radical (unpaired) electrons. The number of piperidine rings is 1. The highest BCUT2D eigenvalue weighted by molar-refractivity contribution is 5.98. The number of nitrogens with zero attached hydrogens (tertiary/aromatic N) is 1. The number of benzene rings is 1. The van der Waals surface area contributed by atoms with Gasteiger partial charge in [0.15, 0.2) is 11.9 Å². The number of ketones is 1. The average molecular weight is 382 g/mol. The second-order valence-corrected chi connectivity index (χ2v) is 7.36. The zero-order valence-corrected chi connectivity index (χ0v) is 16.3. The summed E-state index contributed by atoms with van der Waals surface area (Å²) in [6, 6.07) is 11.8. The van der Waals surface area contributed by atoms with Gasteiger partial charge in [-0.3, -0.25) is 9.59 Å². The van der Waals surface area contributed by atoms with E-state index in [1.165, 1.54) is 24.8 Å². The maximum Gasteiger partial charge on any atom is 0.355 e. The Morgan fingerprint density at radius 3 is 2.46 bits per heavy atom. The van der Waals surface area contributed by atoms with Crippen LogP contribution in [0.5, 0.6) is 0 Å². The van der Waals surface area contributed by atoms with Crippen LogP contribution in [0.25, 0.3) is 0 Å². The smallest absolute Gasteiger partial charge is 0.355 e. The maximum absolute atomic E-state index is 12.6. The fourth-order valence-corrected chi connectivity index (χ4v) is 3.55. The molecule has 28 heavy (non-hydrogen) atoms. The number of aromatic nitrogens is 1. The fourth-order valence-electron chi connectivity index (χ4n) is 3.55. The van der Waals surface area contributed by atoms with Crippen LogP contribution in [-0.2, 0) is 16.0 Å². The van der Waals surface area contributed by atoms with E-state index in [-0.39, 0.29) is 17.4 Å². The van der Waals surface area contributed by atoms with Crippen molar-refractivity contribution in [1.29, 1.82) is 0 Å². The fraction of sp³-hybridized carbons (Fsp3) is 0.409. The van der Waals surface area contributed by atoms with Crippen molar-refractivity contribution in [2.45, 2.75) is 39.2 Å². The first-order valence-corrected chi connectivity index (χ1v) is 9.67. The van der Waals surface area contributed by atoms with E-state index in [2.05, 4.69) is 17.1 Å². The van der Waals surface area contributed by atoms with E-state index in [1.807, 2.05) is 18.2 Å². The molecule has 1 amide bonds. The Kier molecular flexibility index (Phi) is 6.29. The monoisotopic (exact) mass is 382 g/mol. The topological polar surface area (TPSA) is 79.5 Å². The molecule has 2 heterocycles. The van der Waals surface area contributed by atoms with Crippen molar-refractivity contribution in [2.24, 2.45) is 5.92 Å². The molecule has 1 atom stereocenters. The Morgan fingerprint density at radius 2 is 1.86 bits per heavy atom. The SMILES string of the molecule is CC(=O)c1c[nH]c(C(=O)O[C@H](C)C(=O)N2CCC(Cc3ccccc3)CC2)c1. The van der Waals surface area contributed by atoms with Gasteiger partial charge < -0.3 is 14.6 Å². The molecule has 1 aromatic carbocycles. The lowest BCUT2D eigenvalue weighted by Gasteiger charge is -2.33. The summed E-state index contributed by atoms with van der Waals surface area (Å²) in [5.41, 5.74) is 1.91. The van der Waals surface area contributed by atoms with E-state index < -0.39 is 12.1 Å². The number of carbonyl (C=O) groups is 3. The second-order valence-electron chi connectivity index (χ2n) is 7.36. The molecule has 1 aliphatic rings. The highest BCUT2D eigenvalue weighted by atomic mass is 16.5. The molecule has 0 spiro atoms. The first-order valence-electron chi connectivity index (χ1n) is 9.67. The van der Waals surface area contributed by atoms with Gasteiger partial charge in [-0.05, 0) is 50.7 Å². The number of nitrogens with one attached hydrogen (secondary N) is 1. The lowest BCUT2D eigenvalue weighted by Crippen LogP contribution is -2.44. The van der Waals surface area contributed by atoms with Gasteiger partial charge in [-0.2, -0.15) is 0 Å². The van der Waals surface area contributed by atoms with Gasteiger partial charge in [0.1, 0.15) is 5.69 Å². The van der Waals surface area contributed by atoms with Crippen LogP contribution in [-0.4, -0.2) is 46.7 Å². The number of Topliss-reactive ketones (excluding diaryl/α,β-unsaturated/α-hetero) is 1. The lowest BCUT2D eigenvalue weighted by atomic mass is 9.90. The minimum absolute atomic E-state index is 0.141. The third-order valence-electron chi connectivity index (χ3n) is 5.23. The van der Waals surface area contributed by atoms with Crippen molar-refractivity contribution in [3.63, 3.8) is 0 Å². The van der Waals surface area contributed by atoms with Gasteiger partial charge in [0.2, 0.25) is 0 Å². The summed E-state index contributed by atoms with van der Waals surface area (Å²) in [7, 11) is 0. The molecule has 1 aromatic heterocycles. The molecule has 1 aliphatic heterocycles. The lowest BCUT2D eigenvalue weighted by molar-refractivity contribution is -0.141. The van der Waals surface area contributed by atoms with Gasteiger partial charge in [-0.15, -0.1) is 0 Å². The first kappa shape index (κ1) is 19.9. The van der Waals surface area contributed by atoms with Crippen LogP contribution in [0.1, 0.15) is 53.1 Å². The normalized spacial score (nSPS) is 15.9. The number of hydrogen-bond acceptors (Lipinski definition) is 4. The molecule has 1 N–H and O–H groups in total. The Hall–Kier alpha value is -2.89. The zero-order chi connectivity index (χ0) is 20.1. The average Bonchev–Trinajstić information content (AvgIpc) is 3.19. The predicted molar refractivity (Wildman–Crippen MR) is 105 cm³/mol. The van der Waals surface area contributed by atoms with Crippen molar-refractivity contribution >= 4 is 17.7 Å². The second kappa shape index (κ2) is 8.87. The number of aromatic amines is 1.